The van der Waals surface area contributed by atoms with Gasteiger partial charge in [-0.25, -0.2) is 9.59 Å². The highest BCUT2D eigenvalue weighted by Gasteiger charge is 2.60. The SMILES string of the molecule is CC(=O)OC[C@H]1O[C@@H](O[C@@H]2[C@H](OC(C)=O)[C@@H](OC(C)=O)[C@H](O[C@H]3[C@H](OC(=O)c4ccccc4)[C@@H](OC(=O)c4ccccc4)[C@@H](OCCBr)O[C@@H]3COCCBr)O[C@@H]2COC(C)=O)[C@H](OC(C)=O)[C@@H](OC(C)=O)[C@H]1OC(C)=O. The second kappa shape index (κ2) is 30.5. The zero-order valence-corrected chi connectivity index (χ0v) is 46.0. The minimum atomic E-state index is -1.98. The van der Waals surface area contributed by atoms with Crippen LogP contribution in [0.1, 0.15) is 69.2 Å². The monoisotopic (exact) mass is 1220 g/mol. The van der Waals surface area contributed by atoms with E-state index in [1.54, 1.807) is 36.4 Å². The average Bonchev–Trinajstić information content (AvgIpc) is 3.37. The third-order valence-electron chi connectivity index (χ3n) is 11.1. The van der Waals surface area contributed by atoms with Crippen LogP contribution in [-0.4, -0.2) is 190 Å². The van der Waals surface area contributed by atoms with Gasteiger partial charge in [0.05, 0.1) is 30.9 Å². The number of carbonyl (C=O) groups excluding carboxylic acids is 9. The molecule has 0 radical (unpaired) electrons. The molecule has 3 aliphatic heterocycles. The maximum atomic E-state index is 14.2. The van der Waals surface area contributed by atoms with Gasteiger partial charge < -0.3 is 75.8 Å². The summed E-state index contributed by atoms with van der Waals surface area (Å²) in [4.78, 5) is 117. The highest BCUT2D eigenvalue weighted by Crippen LogP contribution is 2.39. The number of halogens is 2. The van der Waals surface area contributed by atoms with E-state index >= 15 is 0 Å². The van der Waals surface area contributed by atoms with Crippen LogP contribution in [-0.2, 0) is 109 Å². The molecule has 5 rings (SSSR count). The van der Waals surface area contributed by atoms with E-state index in [4.69, 9.17) is 75.8 Å². The minimum absolute atomic E-state index is 0.0208. The van der Waals surface area contributed by atoms with E-state index in [1.807, 2.05) is 0 Å². The standard InChI is InChI=1S/C50H60Br2O25/c1-25(53)64-23-35-37(66-27(3)55)40(67-28(4)56)44(69-30(6)58)49(72-35)77-39-36(24-65-26(2)54)73-50(45(70-31(7)59)41(39)68-29(5)57)76-38-34(22-62-20-18-51)71-48(63-21-19-52)43(75-47(61)33-16-12-9-13-17-33)42(38)74-46(60)32-14-10-8-11-15-32/h8-17,34-45,48-50H,18-24H2,1-7H3/t34-,35-,36-,37+,38-,39+,40+,41+,42+,43-,44-,45-,48+,49+,50+/m1/s1. The van der Waals surface area contributed by atoms with Gasteiger partial charge in [-0.1, -0.05) is 68.3 Å². The fourth-order valence-corrected chi connectivity index (χ4v) is 8.67. The summed E-state index contributed by atoms with van der Waals surface area (Å²) in [7, 11) is 0. The number of benzene rings is 2. The van der Waals surface area contributed by atoms with E-state index in [-0.39, 0.29) is 36.3 Å². The quantitative estimate of drug-likeness (QED) is 0.0631. The first-order valence-corrected chi connectivity index (χ1v) is 26.2. The Bertz CT molecular complexity index is 2320. The number of ether oxygens (including phenoxy) is 16. The molecule has 3 saturated heterocycles. The molecule has 27 heteroatoms. The van der Waals surface area contributed by atoms with Crippen LogP contribution in [0.4, 0.5) is 0 Å². The van der Waals surface area contributed by atoms with Crippen LogP contribution in [0.15, 0.2) is 60.7 Å². The van der Waals surface area contributed by atoms with Crippen molar-refractivity contribution in [3.05, 3.63) is 71.8 Å². The lowest BCUT2D eigenvalue weighted by atomic mass is 9.95. The molecule has 0 bridgehead atoms. The molecule has 3 heterocycles. The van der Waals surface area contributed by atoms with Gasteiger partial charge in [0.25, 0.3) is 0 Å². The zero-order chi connectivity index (χ0) is 56.3. The first-order valence-electron chi connectivity index (χ1n) is 23.9. The third-order valence-corrected chi connectivity index (χ3v) is 11.8. The van der Waals surface area contributed by atoms with Crippen molar-refractivity contribution in [1.29, 1.82) is 0 Å². The third kappa shape index (κ3) is 18.5. The van der Waals surface area contributed by atoms with Crippen LogP contribution in [0.2, 0.25) is 0 Å². The number of carbonyl (C=O) groups is 9. The van der Waals surface area contributed by atoms with E-state index in [0.717, 1.165) is 48.5 Å². The molecule has 424 valence electrons. The molecule has 0 saturated carbocycles. The summed E-state index contributed by atoms with van der Waals surface area (Å²) in [5, 5.41) is 0.620. The molecule has 0 amide bonds. The Hall–Kier alpha value is -5.65. The van der Waals surface area contributed by atoms with E-state index in [1.165, 1.54) is 24.3 Å². The van der Waals surface area contributed by atoms with E-state index < -0.39 is 159 Å². The lowest BCUT2D eigenvalue weighted by Gasteiger charge is -2.50. The Labute approximate surface area is 458 Å². The van der Waals surface area contributed by atoms with E-state index in [0.29, 0.717) is 5.33 Å². The summed E-state index contributed by atoms with van der Waals surface area (Å²) < 4.78 is 95.9. The Kier molecular flexibility index (Phi) is 24.6. The number of hydrogen-bond donors (Lipinski definition) is 0. The Balaban J connectivity index is 1.69. The number of alkyl halides is 2. The normalized spacial score (nSPS) is 28.8. The van der Waals surface area contributed by atoms with Gasteiger partial charge in [-0.2, -0.15) is 0 Å². The molecule has 15 atom stereocenters. The fraction of sp³-hybridized carbons (Fsp3) is 0.580. The number of hydrogen-bond acceptors (Lipinski definition) is 25. The summed E-state index contributed by atoms with van der Waals surface area (Å²) >= 11 is 6.65. The fourth-order valence-electron chi connectivity index (χ4n) is 8.25. The van der Waals surface area contributed by atoms with Gasteiger partial charge in [0.1, 0.15) is 43.7 Å². The molecule has 25 nitrogen and oxygen atoms in total. The van der Waals surface area contributed by atoms with Gasteiger partial charge in [0.15, 0.2) is 61.6 Å². The molecule has 3 aliphatic rings. The number of esters is 9. The maximum Gasteiger partial charge on any atom is 0.338 e. The van der Waals surface area contributed by atoms with Crippen molar-refractivity contribution in [3.8, 4) is 0 Å². The molecule has 0 spiro atoms. The molecular formula is C50H60Br2O25. The van der Waals surface area contributed by atoms with Gasteiger partial charge in [0.2, 0.25) is 0 Å². The molecule has 2 aromatic carbocycles. The first kappa shape index (κ1) is 62.2. The molecular weight excluding hydrogens is 1160 g/mol. The molecule has 77 heavy (non-hydrogen) atoms. The summed E-state index contributed by atoms with van der Waals surface area (Å²) in [6.45, 7) is 5.46. The average molecular weight is 1220 g/mol. The van der Waals surface area contributed by atoms with Gasteiger partial charge in [-0.15, -0.1) is 0 Å². The van der Waals surface area contributed by atoms with Crippen molar-refractivity contribution < 1.29 is 119 Å². The smallest absolute Gasteiger partial charge is 0.338 e. The van der Waals surface area contributed by atoms with Crippen molar-refractivity contribution in [2.45, 2.75) is 141 Å². The molecule has 2 aromatic rings. The summed E-state index contributed by atoms with van der Waals surface area (Å²) in [6, 6.07) is 15.6. The molecule has 0 unspecified atom stereocenters. The Morgan fingerprint density at radius 2 is 0.727 bits per heavy atom. The highest BCUT2D eigenvalue weighted by atomic mass is 79.9. The van der Waals surface area contributed by atoms with Gasteiger partial charge >= 0.3 is 53.7 Å². The van der Waals surface area contributed by atoms with Gasteiger partial charge in [-0.3, -0.25) is 33.6 Å². The van der Waals surface area contributed by atoms with Gasteiger partial charge in [0, 0.05) is 59.1 Å². The Morgan fingerprint density at radius 1 is 0.390 bits per heavy atom. The summed E-state index contributed by atoms with van der Waals surface area (Å²) in [6.07, 6.45) is -25.9. The minimum Gasteiger partial charge on any atom is -0.463 e. The molecule has 0 aromatic heterocycles. The number of rotatable bonds is 24. The van der Waals surface area contributed by atoms with Gasteiger partial charge in [-0.05, 0) is 24.3 Å². The van der Waals surface area contributed by atoms with E-state index in [2.05, 4.69) is 31.9 Å². The van der Waals surface area contributed by atoms with Crippen LogP contribution in [0, 0.1) is 0 Å². The van der Waals surface area contributed by atoms with Crippen molar-refractivity contribution in [2.75, 3.05) is 43.7 Å². The maximum absolute atomic E-state index is 14.2. The van der Waals surface area contributed by atoms with Crippen LogP contribution in [0.3, 0.4) is 0 Å². The van der Waals surface area contributed by atoms with Crippen molar-refractivity contribution in [2.24, 2.45) is 0 Å². The van der Waals surface area contributed by atoms with E-state index in [9.17, 15) is 43.2 Å². The van der Waals surface area contributed by atoms with Crippen molar-refractivity contribution in [3.63, 3.8) is 0 Å². The lowest BCUT2D eigenvalue weighted by molar-refractivity contribution is -0.379. The second-order valence-corrected chi connectivity index (χ2v) is 18.7. The lowest BCUT2D eigenvalue weighted by Crippen LogP contribution is -2.69. The summed E-state index contributed by atoms with van der Waals surface area (Å²) in [5.41, 5.74) is 0.145. The van der Waals surface area contributed by atoms with Crippen molar-refractivity contribution >= 4 is 85.6 Å². The first-order chi connectivity index (χ1) is 36.7. The predicted molar refractivity (Wildman–Crippen MR) is 262 cm³/mol. The Morgan fingerprint density at radius 3 is 1.14 bits per heavy atom. The molecule has 3 fully saturated rings. The second-order valence-electron chi connectivity index (χ2n) is 17.1. The largest absolute Gasteiger partial charge is 0.463 e. The van der Waals surface area contributed by atoms with Crippen LogP contribution in [0.25, 0.3) is 0 Å². The van der Waals surface area contributed by atoms with Crippen LogP contribution < -0.4 is 0 Å². The molecule has 0 aliphatic carbocycles. The predicted octanol–water partition coefficient (Wildman–Crippen LogP) is 2.99. The molecule has 0 N–H and O–H groups in total. The topological polar surface area (TPSA) is 301 Å². The highest BCUT2D eigenvalue weighted by molar-refractivity contribution is 9.09. The van der Waals surface area contributed by atoms with Crippen LogP contribution >= 0.6 is 31.9 Å². The van der Waals surface area contributed by atoms with Crippen LogP contribution in [0.5, 0.6) is 0 Å². The zero-order valence-electron chi connectivity index (χ0n) is 42.8. The van der Waals surface area contributed by atoms with Crippen molar-refractivity contribution in [1.82, 2.24) is 0 Å². The summed E-state index contributed by atoms with van der Waals surface area (Å²) in [5.74, 6) is -8.43.